The normalized spacial score (nSPS) is 16.1. The van der Waals surface area contributed by atoms with Crippen LogP contribution < -0.4 is 10.1 Å². The topological polar surface area (TPSA) is 21.3 Å². The molecule has 1 heterocycles. The van der Waals surface area contributed by atoms with Gasteiger partial charge < -0.3 is 10.1 Å². The van der Waals surface area contributed by atoms with Gasteiger partial charge in [-0.3, -0.25) is 0 Å². The molecule has 82 valence electrons. The molecule has 0 atom stereocenters. The Hall–Kier alpha value is -0.670. The van der Waals surface area contributed by atoms with Gasteiger partial charge in [-0.15, -0.1) is 11.8 Å². The summed E-state index contributed by atoms with van der Waals surface area (Å²) in [5.41, 5.74) is 0. The number of hydrogen-bond donors (Lipinski definition) is 1. The number of thioether (sulfide) groups is 1. The van der Waals surface area contributed by atoms with E-state index >= 15 is 0 Å². The summed E-state index contributed by atoms with van der Waals surface area (Å²) in [7, 11) is 1.70. The first-order chi connectivity index (χ1) is 7.38. The molecule has 15 heavy (non-hydrogen) atoms. The fourth-order valence-electron chi connectivity index (χ4n) is 1.57. The lowest BCUT2D eigenvalue weighted by Crippen LogP contribution is -2.42. The van der Waals surface area contributed by atoms with Crippen LogP contribution in [0.3, 0.4) is 0 Å². The van der Waals surface area contributed by atoms with Crippen LogP contribution in [0.5, 0.6) is 5.75 Å². The molecule has 3 heteroatoms. The zero-order valence-corrected chi connectivity index (χ0v) is 9.85. The van der Waals surface area contributed by atoms with Gasteiger partial charge in [-0.1, -0.05) is 0 Å². The van der Waals surface area contributed by atoms with Gasteiger partial charge >= 0.3 is 0 Å². The first-order valence-electron chi connectivity index (χ1n) is 5.36. The van der Waals surface area contributed by atoms with Gasteiger partial charge in [-0.05, 0) is 55.4 Å². The minimum Gasteiger partial charge on any atom is -0.497 e. The van der Waals surface area contributed by atoms with Gasteiger partial charge in [0.2, 0.25) is 0 Å². The standard InChI is InChI=1S/C12H17NOS/c1-14-11-2-4-12(5-3-11)15-7-6-10-8-13-9-10/h2-5,10,13H,6-9H2,1H3. The van der Waals surface area contributed by atoms with Crippen molar-refractivity contribution in [1.82, 2.24) is 5.32 Å². The Bertz CT molecular complexity index is 295. The Morgan fingerprint density at radius 3 is 2.60 bits per heavy atom. The van der Waals surface area contributed by atoms with Crippen LogP contribution >= 0.6 is 11.8 Å². The summed E-state index contributed by atoms with van der Waals surface area (Å²) in [6.07, 6.45) is 1.32. The third kappa shape index (κ3) is 3.14. The van der Waals surface area contributed by atoms with Gasteiger partial charge in [0.15, 0.2) is 0 Å². The second-order valence-electron chi connectivity index (χ2n) is 3.84. The monoisotopic (exact) mass is 223 g/mol. The number of ether oxygens (including phenoxy) is 1. The molecular formula is C12H17NOS. The molecule has 1 aliphatic heterocycles. The molecule has 2 nitrogen and oxygen atoms in total. The zero-order valence-electron chi connectivity index (χ0n) is 9.03. The highest BCUT2D eigenvalue weighted by Crippen LogP contribution is 2.23. The summed E-state index contributed by atoms with van der Waals surface area (Å²) in [5, 5.41) is 3.30. The fourth-order valence-corrected chi connectivity index (χ4v) is 2.58. The Kier molecular flexibility index (Phi) is 3.92. The minimum absolute atomic E-state index is 0.913. The van der Waals surface area contributed by atoms with Gasteiger partial charge in [-0.2, -0.15) is 0 Å². The molecule has 0 unspecified atom stereocenters. The molecular weight excluding hydrogens is 206 g/mol. The molecule has 1 aromatic rings. The lowest BCUT2D eigenvalue weighted by atomic mass is 10.0. The van der Waals surface area contributed by atoms with E-state index < -0.39 is 0 Å². The summed E-state index contributed by atoms with van der Waals surface area (Å²) < 4.78 is 5.12. The Balaban J connectivity index is 1.72. The SMILES string of the molecule is COc1ccc(SCCC2CNC2)cc1. The lowest BCUT2D eigenvalue weighted by Gasteiger charge is -2.26. The number of hydrogen-bond acceptors (Lipinski definition) is 3. The number of benzene rings is 1. The molecule has 2 rings (SSSR count). The Morgan fingerprint density at radius 1 is 1.33 bits per heavy atom. The van der Waals surface area contributed by atoms with Crippen LogP contribution in [0.1, 0.15) is 6.42 Å². The molecule has 0 amide bonds. The summed E-state index contributed by atoms with van der Waals surface area (Å²) >= 11 is 1.93. The molecule has 0 aromatic heterocycles. The Labute approximate surface area is 95.4 Å². The molecule has 1 fully saturated rings. The van der Waals surface area contributed by atoms with E-state index in [1.54, 1.807) is 7.11 Å². The smallest absolute Gasteiger partial charge is 0.118 e. The zero-order chi connectivity index (χ0) is 10.5. The van der Waals surface area contributed by atoms with E-state index in [0.29, 0.717) is 0 Å². The van der Waals surface area contributed by atoms with Crippen molar-refractivity contribution < 1.29 is 4.74 Å². The number of nitrogens with one attached hydrogen (secondary N) is 1. The quantitative estimate of drug-likeness (QED) is 0.775. The lowest BCUT2D eigenvalue weighted by molar-refractivity contribution is 0.341. The van der Waals surface area contributed by atoms with E-state index in [0.717, 1.165) is 11.7 Å². The summed E-state index contributed by atoms with van der Waals surface area (Å²) in [5.74, 6) is 3.07. The molecule has 1 aromatic carbocycles. The maximum atomic E-state index is 5.12. The molecule has 0 saturated carbocycles. The van der Waals surface area contributed by atoms with E-state index in [1.807, 2.05) is 23.9 Å². The summed E-state index contributed by atoms with van der Waals surface area (Å²) in [4.78, 5) is 1.34. The molecule has 0 radical (unpaired) electrons. The van der Waals surface area contributed by atoms with Crippen LogP contribution in [0.4, 0.5) is 0 Å². The summed E-state index contributed by atoms with van der Waals surface area (Å²) in [6.45, 7) is 2.42. The first-order valence-corrected chi connectivity index (χ1v) is 6.34. The summed E-state index contributed by atoms with van der Waals surface area (Å²) in [6, 6.07) is 8.30. The van der Waals surface area contributed by atoms with E-state index in [4.69, 9.17) is 4.74 Å². The highest BCUT2D eigenvalue weighted by Gasteiger charge is 2.15. The van der Waals surface area contributed by atoms with Crippen molar-refractivity contribution in [2.75, 3.05) is 26.0 Å². The average molecular weight is 223 g/mol. The third-order valence-electron chi connectivity index (χ3n) is 2.72. The van der Waals surface area contributed by atoms with Crippen molar-refractivity contribution in [3.63, 3.8) is 0 Å². The van der Waals surface area contributed by atoms with Crippen molar-refractivity contribution in [3.05, 3.63) is 24.3 Å². The van der Waals surface area contributed by atoms with Crippen LogP contribution in [-0.2, 0) is 0 Å². The molecule has 1 saturated heterocycles. The van der Waals surface area contributed by atoms with Crippen molar-refractivity contribution >= 4 is 11.8 Å². The average Bonchev–Trinajstić information content (AvgIpc) is 2.23. The van der Waals surface area contributed by atoms with Gasteiger partial charge in [0, 0.05) is 4.90 Å². The van der Waals surface area contributed by atoms with Gasteiger partial charge in [-0.25, -0.2) is 0 Å². The first kappa shape index (κ1) is 10.8. The van der Waals surface area contributed by atoms with Crippen molar-refractivity contribution in [2.24, 2.45) is 5.92 Å². The highest BCUT2D eigenvalue weighted by molar-refractivity contribution is 7.99. The van der Waals surface area contributed by atoms with E-state index in [2.05, 4.69) is 17.4 Å². The second-order valence-corrected chi connectivity index (χ2v) is 5.01. The van der Waals surface area contributed by atoms with Crippen molar-refractivity contribution in [1.29, 1.82) is 0 Å². The van der Waals surface area contributed by atoms with Crippen LogP contribution in [-0.4, -0.2) is 26.0 Å². The molecule has 1 aliphatic rings. The van der Waals surface area contributed by atoms with Gasteiger partial charge in [0.1, 0.15) is 5.75 Å². The predicted octanol–water partition coefficient (Wildman–Crippen LogP) is 2.40. The van der Waals surface area contributed by atoms with E-state index in [9.17, 15) is 0 Å². The van der Waals surface area contributed by atoms with Crippen LogP contribution in [0.2, 0.25) is 0 Å². The molecule has 0 spiro atoms. The highest BCUT2D eigenvalue weighted by atomic mass is 32.2. The largest absolute Gasteiger partial charge is 0.497 e. The number of rotatable bonds is 5. The number of methoxy groups -OCH3 is 1. The van der Waals surface area contributed by atoms with Crippen molar-refractivity contribution in [2.45, 2.75) is 11.3 Å². The predicted molar refractivity (Wildman–Crippen MR) is 64.7 cm³/mol. The van der Waals surface area contributed by atoms with Crippen LogP contribution in [0.15, 0.2) is 29.2 Å². The van der Waals surface area contributed by atoms with Crippen molar-refractivity contribution in [3.8, 4) is 5.75 Å². The minimum atomic E-state index is 0.913. The molecule has 0 bridgehead atoms. The maximum absolute atomic E-state index is 5.12. The maximum Gasteiger partial charge on any atom is 0.118 e. The van der Waals surface area contributed by atoms with Gasteiger partial charge in [0.05, 0.1) is 7.11 Å². The van der Waals surface area contributed by atoms with Crippen LogP contribution in [0.25, 0.3) is 0 Å². The van der Waals surface area contributed by atoms with E-state index in [1.165, 1.54) is 30.2 Å². The fraction of sp³-hybridized carbons (Fsp3) is 0.500. The Morgan fingerprint density at radius 2 is 2.07 bits per heavy atom. The third-order valence-corrected chi connectivity index (χ3v) is 3.77. The second kappa shape index (κ2) is 5.42. The van der Waals surface area contributed by atoms with Gasteiger partial charge in [0.25, 0.3) is 0 Å². The molecule has 1 N–H and O–H groups in total. The molecule has 0 aliphatic carbocycles. The van der Waals surface area contributed by atoms with Crippen LogP contribution in [0, 0.1) is 5.92 Å². The van der Waals surface area contributed by atoms with E-state index in [-0.39, 0.29) is 0 Å².